The molecular weight excluding hydrogens is 474 g/mol. The highest BCUT2D eigenvalue weighted by Crippen LogP contribution is 2.07. The number of hydrogen-bond acceptors (Lipinski definition) is 7. The highest BCUT2D eigenvalue weighted by molar-refractivity contribution is 7.98. The third-order valence-corrected chi connectivity index (χ3v) is 5.52. The molecule has 194 valence electrons. The van der Waals surface area contributed by atoms with Crippen LogP contribution in [0.3, 0.4) is 0 Å². The minimum Gasteiger partial charge on any atom is -0.480 e. The Morgan fingerprint density at radius 1 is 1.00 bits per heavy atom. The van der Waals surface area contributed by atoms with Gasteiger partial charge in [0.1, 0.15) is 18.6 Å². The van der Waals surface area contributed by atoms with Gasteiger partial charge in [-0.05, 0) is 36.8 Å². The fourth-order valence-electron chi connectivity index (χ4n) is 3.05. The molecule has 0 saturated carbocycles. The van der Waals surface area contributed by atoms with Gasteiger partial charge < -0.3 is 38.3 Å². The summed E-state index contributed by atoms with van der Waals surface area (Å²) in [5, 5.41) is 16.4. The van der Waals surface area contributed by atoms with E-state index in [0.29, 0.717) is 25.1 Å². The summed E-state index contributed by atoms with van der Waals surface area (Å²) in [6.07, 6.45) is 3.08. The molecule has 0 aliphatic heterocycles. The second kappa shape index (κ2) is 16.3. The second-order valence-corrected chi connectivity index (χ2v) is 8.75. The summed E-state index contributed by atoms with van der Waals surface area (Å²) in [4.78, 5) is 52.9. The van der Waals surface area contributed by atoms with E-state index in [9.17, 15) is 19.2 Å². The molecule has 12 nitrogen and oxygen atoms in total. The fourth-order valence-corrected chi connectivity index (χ4v) is 3.52. The summed E-state index contributed by atoms with van der Waals surface area (Å²) in [6, 6.07) is 6.22. The lowest BCUT2D eigenvalue weighted by atomic mass is 10.0. The SMILES string of the molecule is CSCCC(NC(=O)C(Cc1ccccc1)NC(=O)C(N)CCCN=C(N)N)C(=O)NCC(=O)O. The summed E-state index contributed by atoms with van der Waals surface area (Å²) < 4.78 is 0. The highest BCUT2D eigenvalue weighted by atomic mass is 32.2. The van der Waals surface area contributed by atoms with Crippen molar-refractivity contribution in [2.24, 2.45) is 22.2 Å². The molecule has 0 saturated heterocycles. The van der Waals surface area contributed by atoms with Crippen LogP contribution in [-0.2, 0) is 25.6 Å². The van der Waals surface area contributed by atoms with E-state index in [1.807, 2.05) is 36.6 Å². The Hall–Kier alpha value is -3.32. The van der Waals surface area contributed by atoms with Gasteiger partial charge in [0.2, 0.25) is 17.7 Å². The number of nitrogens with one attached hydrogen (secondary N) is 3. The number of amides is 3. The van der Waals surface area contributed by atoms with E-state index in [4.69, 9.17) is 22.3 Å². The summed E-state index contributed by atoms with van der Waals surface area (Å²) in [6.45, 7) is -0.247. The number of carbonyl (C=O) groups excluding carboxylic acids is 3. The Bertz CT molecular complexity index is 865. The Balaban J connectivity index is 2.92. The van der Waals surface area contributed by atoms with Crippen molar-refractivity contribution in [3.8, 4) is 0 Å². The predicted octanol–water partition coefficient (Wildman–Crippen LogP) is -1.47. The predicted molar refractivity (Wildman–Crippen MR) is 136 cm³/mol. The lowest BCUT2D eigenvalue weighted by molar-refractivity contribution is -0.138. The molecule has 35 heavy (non-hydrogen) atoms. The van der Waals surface area contributed by atoms with Crippen molar-refractivity contribution in [3.63, 3.8) is 0 Å². The van der Waals surface area contributed by atoms with Crippen LogP contribution >= 0.6 is 11.8 Å². The number of thioether (sulfide) groups is 1. The van der Waals surface area contributed by atoms with Crippen LogP contribution in [0.1, 0.15) is 24.8 Å². The van der Waals surface area contributed by atoms with Crippen LogP contribution in [0.5, 0.6) is 0 Å². The lowest BCUT2D eigenvalue weighted by Gasteiger charge is -2.24. The van der Waals surface area contributed by atoms with Gasteiger partial charge >= 0.3 is 5.97 Å². The molecule has 3 amide bonds. The third kappa shape index (κ3) is 12.6. The zero-order chi connectivity index (χ0) is 26.2. The molecule has 1 aromatic carbocycles. The van der Waals surface area contributed by atoms with Gasteiger partial charge in [-0.1, -0.05) is 30.3 Å². The van der Waals surface area contributed by atoms with E-state index in [2.05, 4.69) is 20.9 Å². The summed E-state index contributed by atoms with van der Waals surface area (Å²) in [7, 11) is 0. The van der Waals surface area contributed by atoms with Gasteiger partial charge in [0.15, 0.2) is 5.96 Å². The number of rotatable bonds is 16. The van der Waals surface area contributed by atoms with Crippen molar-refractivity contribution >= 4 is 41.4 Å². The third-order valence-electron chi connectivity index (χ3n) is 4.88. The van der Waals surface area contributed by atoms with Crippen LogP contribution in [0, 0.1) is 0 Å². The number of carboxylic acid groups (broad SMARTS) is 1. The lowest BCUT2D eigenvalue weighted by Crippen LogP contribution is -2.56. The molecule has 1 rings (SSSR count). The van der Waals surface area contributed by atoms with E-state index < -0.39 is 48.4 Å². The number of aliphatic imine (C=N–C) groups is 1. The van der Waals surface area contributed by atoms with E-state index in [1.54, 1.807) is 0 Å². The van der Waals surface area contributed by atoms with Gasteiger partial charge in [-0.15, -0.1) is 0 Å². The van der Waals surface area contributed by atoms with Gasteiger partial charge in [-0.25, -0.2) is 0 Å². The smallest absolute Gasteiger partial charge is 0.322 e. The number of nitrogens with zero attached hydrogens (tertiary/aromatic N) is 1. The van der Waals surface area contributed by atoms with Crippen molar-refractivity contribution in [1.82, 2.24) is 16.0 Å². The Morgan fingerprint density at radius 2 is 1.66 bits per heavy atom. The Labute approximate surface area is 208 Å². The zero-order valence-corrected chi connectivity index (χ0v) is 20.6. The molecule has 0 aromatic heterocycles. The minimum atomic E-state index is -1.20. The molecule has 0 aliphatic carbocycles. The molecule has 0 fully saturated rings. The van der Waals surface area contributed by atoms with Crippen LogP contribution in [0.4, 0.5) is 0 Å². The topological polar surface area (TPSA) is 215 Å². The van der Waals surface area contributed by atoms with Crippen LogP contribution in [0.25, 0.3) is 0 Å². The van der Waals surface area contributed by atoms with Crippen molar-refractivity contribution in [3.05, 3.63) is 35.9 Å². The molecule has 3 unspecified atom stereocenters. The number of carboxylic acids is 1. The van der Waals surface area contributed by atoms with Crippen LogP contribution in [0.15, 0.2) is 35.3 Å². The van der Waals surface area contributed by atoms with Crippen LogP contribution < -0.4 is 33.2 Å². The standard InChI is InChI=1S/C22H35N7O5S/c1-35-11-9-16(20(33)27-13-18(30)31)28-21(34)17(12-14-6-3-2-4-7-14)29-19(32)15(23)8-5-10-26-22(24)25/h2-4,6-7,15-17H,5,8-13,23H2,1H3,(H,27,33)(H,28,34)(H,29,32)(H,30,31)(H4,24,25,26). The number of aliphatic carboxylic acids is 1. The average molecular weight is 510 g/mol. The largest absolute Gasteiger partial charge is 0.480 e. The van der Waals surface area contributed by atoms with Crippen molar-refractivity contribution < 1.29 is 24.3 Å². The van der Waals surface area contributed by atoms with E-state index in [0.717, 1.165) is 5.56 Å². The van der Waals surface area contributed by atoms with Crippen molar-refractivity contribution in [2.75, 3.05) is 25.1 Å². The van der Waals surface area contributed by atoms with Gasteiger partial charge in [-0.2, -0.15) is 11.8 Å². The number of nitrogens with two attached hydrogens (primary N) is 3. The molecule has 3 atom stereocenters. The Morgan fingerprint density at radius 3 is 2.26 bits per heavy atom. The first-order chi connectivity index (χ1) is 16.6. The highest BCUT2D eigenvalue weighted by Gasteiger charge is 2.28. The van der Waals surface area contributed by atoms with Gasteiger partial charge in [0.25, 0.3) is 0 Å². The van der Waals surface area contributed by atoms with E-state index >= 15 is 0 Å². The molecule has 1 aromatic rings. The first kappa shape index (κ1) is 29.7. The molecule has 0 radical (unpaired) electrons. The van der Waals surface area contributed by atoms with Crippen molar-refractivity contribution in [2.45, 2.75) is 43.8 Å². The van der Waals surface area contributed by atoms with Gasteiger partial charge in [0, 0.05) is 13.0 Å². The maximum Gasteiger partial charge on any atom is 0.322 e. The minimum absolute atomic E-state index is 0.0500. The van der Waals surface area contributed by atoms with Crippen LogP contribution in [-0.4, -0.2) is 78.0 Å². The first-order valence-electron chi connectivity index (χ1n) is 11.1. The molecular formula is C22H35N7O5S. The Kier molecular flexibility index (Phi) is 13.9. The maximum absolute atomic E-state index is 13.1. The van der Waals surface area contributed by atoms with E-state index in [-0.39, 0.29) is 18.8 Å². The molecule has 0 aliphatic rings. The fraction of sp³-hybridized carbons (Fsp3) is 0.500. The number of benzene rings is 1. The average Bonchev–Trinajstić information content (AvgIpc) is 2.82. The number of carbonyl (C=O) groups is 4. The molecule has 0 heterocycles. The first-order valence-corrected chi connectivity index (χ1v) is 12.5. The summed E-state index contributed by atoms with van der Waals surface area (Å²) >= 11 is 1.48. The van der Waals surface area contributed by atoms with Gasteiger partial charge in [0.05, 0.1) is 6.04 Å². The monoisotopic (exact) mass is 509 g/mol. The van der Waals surface area contributed by atoms with Crippen LogP contribution in [0.2, 0.25) is 0 Å². The molecule has 0 bridgehead atoms. The number of hydrogen-bond donors (Lipinski definition) is 7. The van der Waals surface area contributed by atoms with E-state index in [1.165, 1.54) is 11.8 Å². The summed E-state index contributed by atoms with van der Waals surface area (Å²) in [5.41, 5.74) is 17.3. The zero-order valence-electron chi connectivity index (χ0n) is 19.7. The molecule has 13 heteroatoms. The van der Waals surface area contributed by atoms with Gasteiger partial charge in [-0.3, -0.25) is 24.2 Å². The maximum atomic E-state index is 13.1. The number of guanidine groups is 1. The summed E-state index contributed by atoms with van der Waals surface area (Å²) in [5.74, 6) is -2.41. The molecule has 10 N–H and O–H groups in total. The quantitative estimate of drug-likeness (QED) is 0.0785. The normalized spacial score (nSPS) is 13.1. The molecule has 0 spiro atoms. The second-order valence-electron chi connectivity index (χ2n) is 7.76. The van der Waals surface area contributed by atoms with Crippen molar-refractivity contribution in [1.29, 1.82) is 0 Å².